The standard InChI is InChI=1S/C27H29N3O5S/c1-6-8-22(31)20-12-17(13-21(30-20)26(32)28-7-2)16-9-10-19-18(11-16)14-23(36(33,34)35)25-24(19)27(4,5)15(3)29-25/h9-14H,6-8H2,1-5H3,(H,28,32)(H,33,34,35). The van der Waals surface area contributed by atoms with Gasteiger partial charge in [-0.2, -0.15) is 8.42 Å². The number of Topliss-reactive ketones (excluding diaryl/α,β-unsaturated/α-hetero) is 1. The molecular formula is C27H29N3O5S. The Hall–Kier alpha value is -3.43. The third-order valence-corrected chi connectivity index (χ3v) is 7.52. The quantitative estimate of drug-likeness (QED) is 0.332. The van der Waals surface area contributed by atoms with E-state index in [1.807, 2.05) is 39.8 Å². The van der Waals surface area contributed by atoms with Crippen molar-refractivity contribution in [1.29, 1.82) is 0 Å². The molecule has 0 atom stereocenters. The number of amides is 1. The number of nitrogens with zero attached hydrogens (tertiary/aromatic N) is 2. The molecule has 1 aromatic heterocycles. The lowest BCUT2D eigenvalue weighted by molar-refractivity contribution is 0.0950. The van der Waals surface area contributed by atoms with Gasteiger partial charge in [0.05, 0.1) is 5.69 Å². The van der Waals surface area contributed by atoms with E-state index >= 15 is 0 Å². The molecule has 9 heteroatoms. The second-order valence-electron chi connectivity index (χ2n) is 9.49. The van der Waals surface area contributed by atoms with Crippen LogP contribution in [-0.2, 0) is 15.5 Å². The summed E-state index contributed by atoms with van der Waals surface area (Å²) in [5.74, 6) is -0.543. The van der Waals surface area contributed by atoms with Crippen LogP contribution in [0.3, 0.4) is 0 Å². The van der Waals surface area contributed by atoms with Crippen molar-refractivity contribution in [2.75, 3.05) is 6.54 Å². The number of hydrogen-bond acceptors (Lipinski definition) is 6. The molecule has 1 aliphatic rings. The first-order valence-electron chi connectivity index (χ1n) is 11.9. The molecule has 0 aliphatic carbocycles. The zero-order chi connectivity index (χ0) is 26.4. The van der Waals surface area contributed by atoms with Crippen LogP contribution >= 0.6 is 0 Å². The first-order valence-corrected chi connectivity index (χ1v) is 13.3. The van der Waals surface area contributed by atoms with Gasteiger partial charge in [-0.05, 0) is 72.0 Å². The van der Waals surface area contributed by atoms with E-state index in [0.29, 0.717) is 35.9 Å². The fraction of sp³-hybridized carbons (Fsp3) is 0.333. The van der Waals surface area contributed by atoms with Gasteiger partial charge in [0.15, 0.2) is 5.78 Å². The zero-order valence-corrected chi connectivity index (χ0v) is 21.8. The maximum Gasteiger partial charge on any atom is 0.296 e. The molecular weight excluding hydrogens is 478 g/mol. The summed E-state index contributed by atoms with van der Waals surface area (Å²) in [5, 5.41) is 4.12. The largest absolute Gasteiger partial charge is 0.351 e. The highest BCUT2D eigenvalue weighted by molar-refractivity contribution is 7.86. The van der Waals surface area contributed by atoms with Gasteiger partial charge in [0.1, 0.15) is 16.3 Å². The number of nitrogens with one attached hydrogen (secondary N) is 1. The van der Waals surface area contributed by atoms with Crippen LogP contribution in [0.25, 0.3) is 21.9 Å². The Morgan fingerprint density at radius 3 is 2.36 bits per heavy atom. The molecule has 2 heterocycles. The number of hydrogen-bond donors (Lipinski definition) is 2. The van der Waals surface area contributed by atoms with Gasteiger partial charge in [0.2, 0.25) is 0 Å². The molecule has 3 aromatic rings. The molecule has 0 bridgehead atoms. The highest BCUT2D eigenvalue weighted by Crippen LogP contribution is 2.48. The summed E-state index contributed by atoms with van der Waals surface area (Å²) in [4.78, 5) is 33.8. The number of ketones is 1. The Bertz CT molecular complexity index is 1520. The van der Waals surface area contributed by atoms with Crippen LogP contribution in [0.1, 0.15) is 74.0 Å². The summed E-state index contributed by atoms with van der Waals surface area (Å²) >= 11 is 0. The lowest BCUT2D eigenvalue weighted by Gasteiger charge is -2.23. The lowest BCUT2D eigenvalue weighted by Crippen LogP contribution is -2.24. The molecule has 36 heavy (non-hydrogen) atoms. The number of aromatic nitrogens is 1. The van der Waals surface area contributed by atoms with Crippen LogP contribution in [0.15, 0.2) is 46.3 Å². The number of benzene rings is 2. The molecule has 2 N–H and O–H groups in total. The molecule has 1 amide bonds. The minimum absolute atomic E-state index is 0.131. The smallest absolute Gasteiger partial charge is 0.296 e. The third-order valence-electron chi connectivity index (χ3n) is 6.66. The second kappa shape index (κ2) is 9.22. The predicted octanol–water partition coefficient (Wildman–Crippen LogP) is 5.26. The first kappa shape index (κ1) is 25.7. The molecule has 1 aliphatic heterocycles. The number of carbonyl (C=O) groups excluding carboxylic acids is 2. The van der Waals surface area contributed by atoms with Crippen LogP contribution in [-0.4, -0.2) is 41.9 Å². The van der Waals surface area contributed by atoms with Crippen molar-refractivity contribution in [3.63, 3.8) is 0 Å². The van der Waals surface area contributed by atoms with Gasteiger partial charge in [-0.3, -0.25) is 19.1 Å². The van der Waals surface area contributed by atoms with E-state index in [9.17, 15) is 22.6 Å². The highest BCUT2D eigenvalue weighted by atomic mass is 32.2. The fourth-order valence-corrected chi connectivity index (χ4v) is 5.21. The van der Waals surface area contributed by atoms with Gasteiger partial charge in [0, 0.05) is 24.1 Å². The number of aliphatic imine (C=N–C) groups is 1. The average Bonchev–Trinajstić information content (AvgIpc) is 3.06. The van der Waals surface area contributed by atoms with Crippen molar-refractivity contribution >= 4 is 44.0 Å². The van der Waals surface area contributed by atoms with E-state index in [4.69, 9.17) is 0 Å². The molecule has 0 radical (unpaired) electrons. The van der Waals surface area contributed by atoms with Crippen LogP contribution < -0.4 is 5.32 Å². The lowest BCUT2D eigenvalue weighted by atomic mass is 9.79. The summed E-state index contributed by atoms with van der Waals surface area (Å²) in [6.45, 7) is 9.88. The summed E-state index contributed by atoms with van der Waals surface area (Å²) in [5.41, 5.74) is 2.82. The Kier molecular flexibility index (Phi) is 6.57. The monoisotopic (exact) mass is 507 g/mol. The van der Waals surface area contributed by atoms with Gasteiger partial charge in [-0.1, -0.05) is 32.9 Å². The van der Waals surface area contributed by atoms with Gasteiger partial charge < -0.3 is 5.32 Å². The average molecular weight is 508 g/mol. The molecule has 0 spiro atoms. The van der Waals surface area contributed by atoms with Crippen molar-refractivity contribution in [3.8, 4) is 11.1 Å². The molecule has 0 fully saturated rings. The van der Waals surface area contributed by atoms with E-state index in [1.54, 1.807) is 25.1 Å². The topological polar surface area (TPSA) is 126 Å². The molecule has 0 saturated heterocycles. The Morgan fingerprint density at radius 1 is 1.03 bits per heavy atom. The van der Waals surface area contributed by atoms with Gasteiger partial charge in [0.25, 0.3) is 16.0 Å². The Labute approximate surface area is 210 Å². The third kappa shape index (κ3) is 4.44. The van der Waals surface area contributed by atoms with Gasteiger partial charge in [-0.15, -0.1) is 0 Å². The van der Waals surface area contributed by atoms with Gasteiger partial charge >= 0.3 is 0 Å². The number of carbonyl (C=O) groups is 2. The zero-order valence-electron chi connectivity index (χ0n) is 21.0. The van der Waals surface area contributed by atoms with Gasteiger partial charge in [-0.25, -0.2) is 4.98 Å². The van der Waals surface area contributed by atoms with E-state index in [2.05, 4.69) is 15.3 Å². The van der Waals surface area contributed by atoms with Crippen LogP contribution in [0.5, 0.6) is 0 Å². The van der Waals surface area contributed by atoms with Crippen molar-refractivity contribution in [1.82, 2.24) is 10.3 Å². The maximum atomic E-state index is 12.7. The fourth-order valence-electron chi connectivity index (χ4n) is 4.54. The number of fused-ring (bicyclic) bond motifs is 3. The normalized spacial score (nSPS) is 14.4. The van der Waals surface area contributed by atoms with E-state index in [0.717, 1.165) is 16.7 Å². The molecule has 0 unspecified atom stereocenters. The second-order valence-corrected chi connectivity index (χ2v) is 10.9. The first-order chi connectivity index (χ1) is 16.9. The van der Waals surface area contributed by atoms with Crippen LogP contribution in [0.4, 0.5) is 5.69 Å². The molecule has 4 rings (SSSR count). The Morgan fingerprint density at radius 2 is 1.72 bits per heavy atom. The maximum absolute atomic E-state index is 12.7. The molecule has 0 saturated carbocycles. The van der Waals surface area contributed by atoms with E-state index in [1.165, 1.54) is 6.07 Å². The van der Waals surface area contributed by atoms with Crippen LogP contribution in [0, 0.1) is 0 Å². The Balaban J connectivity index is 1.96. The van der Waals surface area contributed by atoms with Crippen molar-refractivity contribution in [3.05, 3.63) is 53.3 Å². The van der Waals surface area contributed by atoms with Crippen LogP contribution in [0.2, 0.25) is 0 Å². The minimum atomic E-state index is -4.53. The summed E-state index contributed by atoms with van der Waals surface area (Å²) in [6, 6.07) is 10.2. The SMILES string of the molecule is CCCC(=O)c1cc(-c2ccc3c4c(c(S(=O)(=O)O)cc3c2)N=C(C)C4(C)C)cc(C(=O)NCC)n1. The van der Waals surface area contributed by atoms with Crippen molar-refractivity contribution in [2.45, 2.75) is 57.8 Å². The molecule has 188 valence electrons. The summed E-state index contributed by atoms with van der Waals surface area (Å²) in [7, 11) is -4.53. The number of pyridine rings is 1. The van der Waals surface area contributed by atoms with Crippen molar-refractivity contribution in [2.24, 2.45) is 4.99 Å². The van der Waals surface area contributed by atoms with E-state index in [-0.39, 0.29) is 33.7 Å². The van der Waals surface area contributed by atoms with E-state index < -0.39 is 15.5 Å². The minimum Gasteiger partial charge on any atom is -0.351 e. The summed E-state index contributed by atoms with van der Waals surface area (Å²) < 4.78 is 34.5. The highest BCUT2D eigenvalue weighted by Gasteiger charge is 2.37. The summed E-state index contributed by atoms with van der Waals surface area (Å²) in [6.07, 6.45) is 0.958. The predicted molar refractivity (Wildman–Crippen MR) is 140 cm³/mol. The van der Waals surface area contributed by atoms with Crippen molar-refractivity contribution < 1.29 is 22.6 Å². The molecule has 8 nitrogen and oxygen atoms in total. The number of rotatable bonds is 7. The molecule has 2 aromatic carbocycles.